The van der Waals surface area contributed by atoms with Gasteiger partial charge in [-0.25, -0.2) is 0 Å². The van der Waals surface area contributed by atoms with Crippen LogP contribution in [0.25, 0.3) is 0 Å². The van der Waals surface area contributed by atoms with E-state index in [4.69, 9.17) is 8.83 Å². The monoisotopic (exact) mass is 524 g/mol. The van der Waals surface area contributed by atoms with E-state index < -0.39 is 14.4 Å². The Bertz CT molecular complexity index is 1580. The van der Waals surface area contributed by atoms with E-state index in [2.05, 4.69) is 75.0 Å². The Kier molecular flexibility index (Phi) is 1.35. The van der Waals surface area contributed by atoms with Crippen molar-refractivity contribution >= 4 is 28.2 Å². The molecule has 180 valence electrons. The summed E-state index contributed by atoms with van der Waals surface area (Å²) in [7, 11) is 2.29. The van der Waals surface area contributed by atoms with Gasteiger partial charge in [0.25, 0.3) is 0 Å². The van der Waals surface area contributed by atoms with Gasteiger partial charge in [-0.05, 0) is 5.16 Å². The molecule has 2 aromatic heterocycles. The molecule has 0 saturated carbocycles. The van der Waals surface area contributed by atoms with E-state index in [0.717, 1.165) is 8.37 Å². The average molecular weight is 524 g/mol. The van der Waals surface area contributed by atoms with Crippen molar-refractivity contribution in [2.24, 2.45) is 5.41 Å². The predicted octanol–water partition coefficient (Wildman–Crippen LogP) is 8.46. The molecule has 0 N–H and O–H groups in total. The van der Waals surface area contributed by atoms with E-state index in [9.17, 15) is 0 Å². The fraction of sp³-hybridized carbons (Fsp3) is 0.714. The maximum Gasteiger partial charge on any atom is -0.0235 e. The molecule has 12 heterocycles. The van der Waals surface area contributed by atoms with Crippen molar-refractivity contribution in [3.8, 4) is 0 Å². The smallest absolute Gasteiger partial charge is 0.0235 e. The molecule has 33 heavy (non-hydrogen) atoms. The minimum Gasteiger partial charge on any atom is -0.132 e. The molecular formula is C28H38FeO2P2. The maximum absolute atomic E-state index is 6.25. The Morgan fingerprint density at radius 2 is 1.33 bits per heavy atom. The predicted molar refractivity (Wildman–Crippen MR) is 137 cm³/mol. The van der Waals surface area contributed by atoms with Gasteiger partial charge in [-0.1, -0.05) is 20.8 Å². The minimum atomic E-state index is -3.47. The van der Waals surface area contributed by atoms with Gasteiger partial charge in [-0.15, -0.1) is 9.24 Å². The normalized spacial score (nSPS) is 70.2. The average Bonchev–Trinajstić information content (AvgIpc) is 3.52. The molecule has 10 fully saturated rings. The molecule has 10 aliphatic rings. The number of furan rings is 2. The first kappa shape index (κ1) is 18.2. The summed E-state index contributed by atoms with van der Waals surface area (Å²) >= 11 is 0. The van der Waals surface area contributed by atoms with Crippen molar-refractivity contribution in [3.63, 3.8) is 0 Å². The summed E-state index contributed by atoms with van der Waals surface area (Å²) in [4.78, 5) is 10.6. The van der Waals surface area contributed by atoms with Gasteiger partial charge in [0.2, 0.25) is 0 Å². The Morgan fingerprint density at radius 3 is 1.67 bits per heavy atom. The Morgan fingerprint density at radius 1 is 0.848 bits per heavy atom. The van der Waals surface area contributed by atoms with Crippen LogP contribution in [0.4, 0.5) is 0 Å². The number of fused-ring (bicyclic) bond motifs is 10. The molecule has 0 radical (unpaired) electrons. The van der Waals surface area contributed by atoms with E-state index in [0.29, 0.717) is 10.6 Å². The first-order valence-electron chi connectivity index (χ1n) is 13.1. The molecule has 2 aromatic rings. The molecule has 2 nitrogen and oxygen atoms in total. The van der Waals surface area contributed by atoms with E-state index in [-0.39, 0.29) is 0 Å². The summed E-state index contributed by atoms with van der Waals surface area (Å²) in [5.74, 6) is 0. The zero-order valence-corrected chi connectivity index (χ0v) is 23.8. The molecular weight excluding hydrogens is 486 g/mol. The van der Waals surface area contributed by atoms with Crippen LogP contribution < -0.4 is 11.0 Å². The molecule has 0 aliphatic carbocycles. The van der Waals surface area contributed by atoms with Crippen LogP contribution in [0.5, 0.6) is 0 Å². The zero-order valence-electron chi connectivity index (χ0n) is 20.7. The van der Waals surface area contributed by atoms with E-state index in [1.54, 1.807) is 6.42 Å². The van der Waals surface area contributed by atoms with E-state index in [1.165, 1.54) is 56.0 Å². The molecule has 5 unspecified atom stereocenters. The third-order valence-corrected chi connectivity index (χ3v) is 68.3. The van der Waals surface area contributed by atoms with Crippen LogP contribution in [0.3, 0.4) is 0 Å². The van der Waals surface area contributed by atoms with Gasteiger partial charge in [0.05, 0.1) is 0 Å². The number of rotatable bonds is 5. The van der Waals surface area contributed by atoms with E-state index in [1.807, 2.05) is 12.5 Å². The van der Waals surface area contributed by atoms with Crippen LogP contribution in [-0.2, 0) is 6.51 Å². The third kappa shape index (κ3) is 0.417. The summed E-state index contributed by atoms with van der Waals surface area (Å²) < 4.78 is 14.1. The van der Waals surface area contributed by atoms with Crippen LogP contribution >= 0.6 is 17.2 Å². The molecule has 5 heteroatoms. The van der Waals surface area contributed by atoms with Gasteiger partial charge >= 0.3 is 157 Å². The van der Waals surface area contributed by atoms with Crippen molar-refractivity contribution in [1.29, 1.82) is 0 Å². The molecule has 6 atom stereocenters. The second kappa shape index (κ2) is 2.44. The van der Waals surface area contributed by atoms with Crippen LogP contribution in [0.1, 0.15) is 54.4 Å². The molecule has 10 aliphatic heterocycles. The fourth-order valence-corrected chi connectivity index (χ4v) is 111. The summed E-state index contributed by atoms with van der Waals surface area (Å²) in [6, 6.07) is 8.91. The maximum atomic E-state index is 6.25. The Labute approximate surface area is 191 Å². The van der Waals surface area contributed by atoms with Crippen molar-refractivity contribution < 1.29 is 15.3 Å². The Balaban J connectivity index is 0.000000285. The van der Waals surface area contributed by atoms with Gasteiger partial charge in [0, 0.05) is 0 Å². The molecule has 1 spiro atoms. The van der Waals surface area contributed by atoms with Crippen molar-refractivity contribution in [2.75, 3.05) is 0 Å². The van der Waals surface area contributed by atoms with Gasteiger partial charge in [-0.2, -0.15) is 0 Å². The van der Waals surface area contributed by atoms with Crippen LogP contribution in [0, 0.1) is 5.41 Å². The molecule has 12 rings (SSSR count). The topological polar surface area (TPSA) is 26.3 Å². The SMILES string of the molecule is CC(C)(C)CC[C@]12[CH]3[CH]4[CH]5[C]1(P(c1ccco1)c1ccco1)[Fe]45321678[CH]2[CH]1[CH]6[CH]7[CH]28.CC(C)(C)P. The van der Waals surface area contributed by atoms with E-state index >= 15 is 0 Å². The minimum absolute atomic E-state index is 0.417. The van der Waals surface area contributed by atoms with Crippen LogP contribution in [0.15, 0.2) is 45.6 Å². The van der Waals surface area contributed by atoms with Crippen molar-refractivity contribution in [3.05, 3.63) is 36.8 Å². The van der Waals surface area contributed by atoms with Gasteiger partial charge in [0.1, 0.15) is 0 Å². The number of hydrogen-bond acceptors (Lipinski definition) is 2. The van der Waals surface area contributed by atoms with Gasteiger partial charge in [-0.3, -0.25) is 0 Å². The van der Waals surface area contributed by atoms with Gasteiger partial charge < -0.3 is 0 Å². The fourth-order valence-electron chi connectivity index (χ4n) is 20.0. The second-order valence-corrected chi connectivity index (χ2v) is 45.2. The molecule has 0 bridgehead atoms. The number of hydrogen-bond donors (Lipinski definition) is 0. The van der Waals surface area contributed by atoms with Crippen molar-refractivity contribution in [2.45, 2.75) is 106 Å². The molecule has 0 amide bonds. The molecule has 10 saturated heterocycles. The summed E-state index contributed by atoms with van der Waals surface area (Å²) in [5, 5.41) is 0.417. The zero-order chi connectivity index (χ0) is 22.7. The van der Waals surface area contributed by atoms with Crippen LogP contribution in [0.2, 0.25) is 42.8 Å². The van der Waals surface area contributed by atoms with Crippen LogP contribution in [-0.4, -0.2) is 9.21 Å². The van der Waals surface area contributed by atoms with Gasteiger partial charge in [0.15, 0.2) is 0 Å². The second-order valence-electron chi connectivity index (χ2n) is 17.5. The third-order valence-electron chi connectivity index (χ3n) is 18.1. The summed E-state index contributed by atoms with van der Waals surface area (Å²) in [6.45, 7) is 10.4. The summed E-state index contributed by atoms with van der Waals surface area (Å²) in [6.07, 6.45) is 6.89. The van der Waals surface area contributed by atoms with Crippen molar-refractivity contribution in [1.82, 2.24) is 0 Å². The first-order chi connectivity index (χ1) is 15.2. The Hall–Kier alpha value is -0.0605. The molecule has 0 aromatic carbocycles. The largest absolute Gasteiger partial charge is 0.132 e. The first-order valence-corrected chi connectivity index (χ1v) is 21.2. The quantitative estimate of drug-likeness (QED) is 0.290. The summed E-state index contributed by atoms with van der Waals surface area (Å²) in [5.41, 5.74) is 3.10. The standard InChI is InChI=1S/C19H22O2P.C5H5.C4H11P.Fe/c1-19(2,3)12-11-15-7-4-8-16(15)22(17-9-5-13-20-17)18-10-6-14-21-18;1-2-4-5-3-1;1-4(2,3)5;/h4-10,13-14H,11-12H2,1-3H3;1-5H;5H2,1-3H3;.